The molecule has 19 heavy (non-hydrogen) atoms. The summed E-state index contributed by atoms with van der Waals surface area (Å²) in [5, 5.41) is 0. The predicted molar refractivity (Wildman–Crippen MR) is 79.9 cm³/mol. The minimum Gasteiger partial charge on any atom is -0.490 e. The largest absolute Gasteiger partial charge is 0.490 e. The lowest BCUT2D eigenvalue weighted by Crippen LogP contribution is -2.18. The van der Waals surface area contributed by atoms with Gasteiger partial charge >= 0.3 is 0 Å². The van der Waals surface area contributed by atoms with Crippen LogP contribution in [0.25, 0.3) is 0 Å². The highest BCUT2D eigenvalue weighted by atomic mass is 16.5. The van der Waals surface area contributed by atoms with Crippen molar-refractivity contribution in [3.63, 3.8) is 0 Å². The number of para-hydroxylation sites is 1. The summed E-state index contributed by atoms with van der Waals surface area (Å²) in [6, 6.07) is 6.03. The van der Waals surface area contributed by atoms with Gasteiger partial charge in [0, 0.05) is 6.04 Å². The van der Waals surface area contributed by atoms with Crippen molar-refractivity contribution in [1.29, 1.82) is 0 Å². The van der Waals surface area contributed by atoms with Crippen molar-refractivity contribution in [1.82, 2.24) is 0 Å². The Hall–Kier alpha value is -1.48. The Balaban J connectivity index is 2.95. The standard InChI is InChI=1S/C16H25NO2/c1-5-12(3)11-19-16-14(10-13(4)17)8-7-9-15(16)18-6-2/h7-9,13H,3,5-6,10-11,17H2,1-2,4H3. The molecule has 0 fully saturated rings. The van der Waals surface area contributed by atoms with E-state index < -0.39 is 0 Å². The number of hydrogen-bond acceptors (Lipinski definition) is 3. The SMILES string of the molecule is C=C(CC)COc1c(CC(C)N)cccc1OCC. The molecule has 3 nitrogen and oxygen atoms in total. The van der Waals surface area contributed by atoms with E-state index in [9.17, 15) is 0 Å². The molecule has 0 aliphatic heterocycles. The predicted octanol–water partition coefficient (Wildman–Crippen LogP) is 3.32. The first-order valence-corrected chi connectivity index (χ1v) is 6.88. The summed E-state index contributed by atoms with van der Waals surface area (Å²) < 4.78 is 11.5. The van der Waals surface area contributed by atoms with Gasteiger partial charge in [-0.05, 0) is 43.9 Å². The zero-order chi connectivity index (χ0) is 14.3. The van der Waals surface area contributed by atoms with E-state index in [2.05, 4.69) is 13.5 Å². The van der Waals surface area contributed by atoms with Crippen molar-refractivity contribution in [3.05, 3.63) is 35.9 Å². The molecular weight excluding hydrogens is 238 g/mol. The van der Waals surface area contributed by atoms with E-state index in [-0.39, 0.29) is 6.04 Å². The number of rotatable bonds is 8. The van der Waals surface area contributed by atoms with Crippen LogP contribution in [0.3, 0.4) is 0 Å². The summed E-state index contributed by atoms with van der Waals surface area (Å²) in [5.41, 5.74) is 8.04. The molecule has 1 aromatic carbocycles. The van der Waals surface area contributed by atoms with Crippen molar-refractivity contribution < 1.29 is 9.47 Å². The first-order valence-electron chi connectivity index (χ1n) is 6.88. The van der Waals surface area contributed by atoms with Crippen LogP contribution < -0.4 is 15.2 Å². The molecular formula is C16H25NO2. The van der Waals surface area contributed by atoms with Gasteiger partial charge in [-0.2, -0.15) is 0 Å². The summed E-state index contributed by atoms with van der Waals surface area (Å²) in [6.45, 7) is 11.1. The van der Waals surface area contributed by atoms with Gasteiger partial charge in [0.2, 0.25) is 0 Å². The first kappa shape index (κ1) is 15.6. The van der Waals surface area contributed by atoms with E-state index in [1.807, 2.05) is 32.0 Å². The van der Waals surface area contributed by atoms with Crippen LogP contribution >= 0.6 is 0 Å². The van der Waals surface area contributed by atoms with Gasteiger partial charge in [0.1, 0.15) is 6.61 Å². The molecule has 0 aliphatic carbocycles. The van der Waals surface area contributed by atoms with Crippen LogP contribution in [-0.4, -0.2) is 19.3 Å². The number of benzene rings is 1. The lowest BCUT2D eigenvalue weighted by Gasteiger charge is -2.17. The Bertz CT molecular complexity index is 413. The van der Waals surface area contributed by atoms with E-state index >= 15 is 0 Å². The molecule has 1 rings (SSSR count). The second-order valence-corrected chi connectivity index (χ2v) is 4.75. The summed E-state index contributed by atoms with van der Waals surface area (Å²) in [5.74, 6) is 1.58. The molecule has 0 heterocycles. The maximum absolute atomic E-state index is 5.89. The molecule has 0 bridgehead atoms. The van der Waals surface area contributed by atoms with Gasteiger partial charge in [0.25, 0.3) is 0 Å². The minimum atomic E-state index is 0.0913. The van der Waals surface area contributed by atoms with Crippen molar-refractivity contribution in [3.8, 4) is 11.5 Å². The summed E-state index contributed by atoms with van der Waals surface area (Å²) in [4.78, 5) is 0. The normalized spacial score (nSPS) is 12.0. The Morgan fingerprint density at radius 3 is 2.63 bits per heavy atom. The van der Waals surface area contributed by atoms with Gasteiger partial charge in [-0.1, -0.05) is 25.6 Å². The lowest BCUT2D eigenvalue weighted by molar-refractivity contribution is 0.289. The number of ether oxygens (including phenoxy) is 2. The van der Waals surface area contributed by atoms with Gasteiger partial charge in [0.05, 0.1) is 6.61 Å². The fourth-order valence-corrected chi connectivity index (χ4v) is 1.78. The molecule has 0 saturated heterocycles. The second-order valence-electron chi connectivity index (χ2n) is 4.75. The molecule has 0 aromatic heterocycles. The average molecular weight is 263 g/mol. The van der Waals surface area contributed by atoms with E-state index in [0.717, 1.165) is 35.5 Å². The molecule has 1 aromatic rings. The summed E-state index contributed by atoms with van der Waals surface area (Å²) in [6.07, 6.45) is 1.69. The topological polar surface area (TPSA) is 44.5 Å². The van der Waals surface area contributed by atoms with E-state index in [1.54, 1.807) is 0 Å². The molecule has 0 amide bonds. The lowest BCUT2D eigenvalue weighted by atomic mass is 10.1. The van der Waals surface area contributed by atoms with Crippen LogP contribution in [0.5, 0.6) is 11.5 Å². The fraction of sp³-hybridized carbons (Fsp3) is 0.500. The van der Waals surface area contributed by atoms with Gasteiger partial charge in [-0.3, -0.25) is 0 Å². The van der Waals surface area contributed by atoms with Crippen LogP contribution in [-0.2, 0) is 6.42 Å². The zero-order valence-corrected chi connectivity index (χ0v) is 12.2. The molecule has 0 spiro atoms. The molecule has 1 unspecified atom stereocenters. The van der Waals surface area contributed by atoms with Crippen LogP contribution in [0.1, 0.15) is 32.8 Å². The van der Waals surface area contributed by atoms with Gasteiger partial charge in [0.15, 0.2) is 11.5 Å². The van der Waals surface area contributed by atoms with Crippen molar-refractivity contribution in [2.75, 3.05) is 13.2 Å². The Morgan fingerprint density at radius 1 is 1.32 bits per heavy atom. The minimum absolute atomic E-state index is 0.0913. The monoisotopic (exact) mass is 263 g/mol. The highest BCUT2D eigenvalue weighted by molar-refractivity contribution is 5.47. The summed E-state index contributed by atoms with van der Waals surface area (Å²) >= 11 is 0. The molecule has 0 aliphatic rings. The maximum Gasteiger partial charge on any atom is 0.164 e. The zero-order valence-electron chi connectivity index (χ0n) is 12.2. The van der Waals surface area contributed by atoms with E-state index in [1.165, 1.54) is 0 Å². The third-order valence-corrected chi connectivity index (χ3v) is 2.82. The molecule has 3 heteroatoms. The Kier molecular flexibility index (Phi) is 6.43. The van der Waals surface area contributed by atoms with E-state index in [4.69, 9.17) is 15.2 Å². The smallest absolute Gasteiger partial charge is 0.164 e. The van der Waals surface area contributed by atoms with Crippen LogP contribution in [0.15, 0.2) is 30.4 Å². The van der Waals surface area contributed by atoms with Crippen LogP contribution in [0.4, 0.5) is 0 Å². The Morgan fingerprint density at radius 2 is 2.05 bits per heavy atom. The van der Waals surface area contributed by atoms with E-state index in [0.29, 0.717) is 13.2 Å². The third kappa shape index (κ3) is 4.95. The third-order valence-electron chi connectivity index (χ3n) is 2.82. The molecule has 1 atom stereocenters. The molecule has 0 saturated carbocycles. The fourth-order valence-electron chi connectivity index (χ4n) is 1.78. The van der Waals surface area contributed by atoms with Gasteiger partial charge < -0.3 is 15.2 Å². The Labute approximate surface area is 116 Å². The maximum atomic E-state index is 5.89. The highest BCUT2D eigenvalue weighted by Crippen LogP contribution is 2.32. The van der Waals surface area contributed by atoms with Gasteiger partial charge in [-0.25, -0.2) is 0 Å². The molecule has 0 radical (unpaired) electrons. The number of nitrogens with two attached hydrogens (primary N) is 1. The number of hydrogen-bond donors (Lipinski definition) is 1. The van der Waals surface area contributed by atoms with Crippen LogP contribution in [0, 0.1) is 0 Å². The van der Waals surface area contributed by atoms with Crippen molar-refractivity contribution in [2.24, 2.45) is 5.73 Å². The van der Waals surface area contributed by atoms with Gasteiger partial charge in [-0.15, -0.1) is 0 Å². The summed E-state index contributed by atoms with van der Waals surface area (Å²) in [7, 11) is 0. The first-order chi connectivity index (χ1) is 9.08. The second kappa shape index (κ2) is 7.85. The average Bonchev–Trinajstić information content (AvgIpc) is 2.37. The highest BCUT2D eigenvalue weighted by Gasteiger charge is 2.12. The molecule has 2 N–H and O–H groups in total. The quantitative estimate of drug-likeness (QED) is 0.732. The van der Waals surface area contributed by atoms with Crippen LogP contribution in [0.2, 0.25) is 0 Å². The molecule has 106 valence electrons. The van der Waals surface area contributed by atoms with Crippen molar-refractivity contribution in [2.45, 2.75) is 39.7 Å². The van der Waals surface area contributed by atoms with Crippen molar-refractivity contribution >= 4 is 0 Å².